The average Bonchev–Trinajstić information content (AvgIpc) is 3.04. The molecule has 0 fully saturated rings. The van der Waals surface area contributed by atoms with Crippen LogP contribution in [-0.2, 0) is 24.2 Å². The Hall–Kier alpha value is -1.10. The summed E-state index contributed by atoms with van der Waals surface area (Å²) in [6.07, 6.45) is 1.69. The maximum absolute atomic E-state index is 10.2. The third kappa shape index (κ3) is 1.39. The van der Waals surface area contributed by atoms with Crippen LogP contribution >= 0.6 is 0 Å². The molecule has 2 heterocycles. The first-order valence-electron chi connectivity index (χ1n) is 6.96. The number of hydrogen-bond donors (Lipinski definition) is 2. The van der Waals surface area contributed by atoms with Gasteiger partial charge in [-0.3, -0.25) is 0 Å². The maximum atomic E-state index is 10.2. The lowest BCUT2D eigenvalue weighted by molar-refractivity contribution is -0.103. The number of benzene rings is 1. The van der Waals surface area contributed by atoms with Crippen LogP contribution in [0.5, 0.6) is 5.75 Å². The van der Waals surface area contributed by atoms with E-state index in [9.17, 15) is 10.2 Å². The fourth-order valence-corrected chi connectivity index (χ4v) is 3.83. The van der Waals surface area contributed by atoms with E-state index in [1.165, 1.54) is 28.7 Å². The average molecular weight is 262 g/mol. The molecule has 1 aliphatic carbocycles. The first-order valence-corrected chi connectivity index (χ1v) is 6.96. The molecule has 2 N–H and O–H groups in total. The number of ether oxygens (including phenoxy) is 2. The van der Waals surface area contributed by atoms with Gasteiger partial charge in [0.1, 0.15) is 18.0 Å². The largest absolute Gasteiger partial charge is 0.484 e. The summed E-state index contributed by atoms with van der Waals surface area (Å²) in [4.78, 5) is 0. The summed E-state index contributed by atoms with van der Waals surface area (Å²) in [6, 6.07) is 0. The molecular formula is C15H18O4. The van der Waals surface area contributed by atoms with Crippen molar-refractivity contribution in [1.82, 2.24) is 0 Å². The highest BCUT2D eigenvalue weighted by molar-refractivity contribution is 5.60. The summed E-state index contributed by atoms with van der Waals surface area (Å²) in [6.45, 7) is 2.46. The Morgan fingerprint density at radius 1 is 1.21 bits per heavy atom. The van der Waals surface area contributed by atoms with Crippen molar-refractivity contribution >= 4 is 0 Å². The van der Waals surface area contributed by atoms with Gasteiger partial charge in [-0.05, 0) is 48.4 Å². The summed E-state index contributed by atoms with van der Waals surface area (Å²) in [5.41, 5.74) is 6.25. The molecule has 3 aliphatic rings. The smallest absolute Gasteiger partial charge is 0.150 e. The molecule has 0 saturated heterocycles. The van der Waals surface area contributed by atoms with Gasteiger partial charge in [-0.25, -0.2) is 0 Å². The standard InChI is InChI=1S/C15H18O4/c1-7-8-3-2-4-9(8)10-6-18-15-12(10)14(7)19-11(5-16)13(15)17/h11,13,15-17H,2-6H2,1H3/t11-,13-,15-/m1/s1. The fraction of sp³-hybridized carbons (Fsp3) is 0.600. The summed E-state index contributed by atoms with van der Waals surface area (Å²) >= 11 is 0. The highest BCUT2D eigenvalue weighted by Crippen LogP contribution is 2.50. The van der Waals surface area contributed by atoms with Crippen LogP contribution in [-0.4, -0.2) is 29.0 Å². The van der Waals surface area contributed by atoms with Crippen molar-refractivity contribution in [2.24, 2.45) is 0 Å². The van der Waals surface area contributed by atoms with Crippen molar-refractivity contribution in [1.29, 1.82) is 0 Å². The number of rotatable bonds is 1. The van der Waals surface area contributed by atoms with Crippen LogP contribution in [0.25, 0.3) is 0 Å². The highest BCUT2D eigenvalue weighted by atomic mass is 16.5. The molecule has 3 atom stereocenters. The number of aliphatic hydroxyl groups is 2. The number of aliphatic hydroxyl groups excluding tert-OH is 2. The van der Waals surface area contributed by atoms with Crippen molar-refractivity contribution in [2.45, 2.75) is 51.1 Å². The van der Waals surface area contributed by atoms with E-state index in [2.05, 4.69) is 6.92 Å². The van der Waals surface area contributed by atoms with E-state index in [1.54, 1.807) is 0 Å². The zero-order valence-corrected chi connectivity index (χ0v) is 11.0. The summed E-state index contributed by atoms with van der Waals surface area (Å²) in [5.74, 6) is 0.850. The Morgan fingerprint density at radius 2 is 2.00 bits per heavy atom. The first-order chi connectivity index (χ1) is 9.22. The van der Waals surface area contributed by atoms with Gasteiger partial charge in [0.05, 0.1) is 13.2 Å². The monoisotopic (exact) mass is 262 g/mol. The van der Waals surface area contributed by atoms with Crippen LogP contribution in [0.15, 0.2) is 0 Å². The molecule has 1 aromatic rings. The molecule has 2 aliphatic heterocycles. The summed E-state index contributed by atoms with van der Waals surface area (Å²) in [7, 11) is 0. The molecule has 0 radical (unpaired) electrons. The Kier molecular flexibility index (Phi) is 2.43. The van der Waals surface area contributed by atoms with Gasteiger partial charge in [0.15, 0.2) is 6.10 Å². The normalized spacial score (nSPS) is 31.0. The Bertz CT molecular complexity index is 552. The minimum atomic E-state index is -0.780. The molecule has 0 saturated carbocycles. The Labute approximate surface area is 112 Å². The van der Waals surface area contributed by atoms with Crippen LogP contribution in [0.4, 0.5) is 0 Å². The molecule has 0 spiro atoms. The van der Waals surface area contributed by atoms with Crippen LogP contribution in [0, 0.1) is 6.92 Å². The fourth-order valence-electron chi connectivity index (χ4n) is 3.83. The van der Waals surface area contributed by atoms with E-state index in [0.29, 0.717) is 6.61 Å². The Morgan fingerprint density at radius 3 is 2.79 bits per heavy atom. The van der Waals surface area contributed by atoms with Gasteiger partial charge >= 0.3 is 0 Å². The van der Waals surface area contributed by atoms with Gasteiger partial charge < -0.3 is 19.7 Å². The molecular weight excluding hydrogens is 244 g/mol. The van der Waals surface area contributed by atoms with E-state index in [1.807, 2.05) is 0 Å². The minimum Gasteiger partial charge on any atom is -0.484 e. The molecule has 0 unspecified atom stereocenters. The third-order valence-corrected chi connectivity index (χ3v) is 4.78. The zero-order valence-electron chi connectivity index (χ0n) is 11.0. The molecule has 4 rings (SSSR count). The molecule has 1 aromatic carbocycles. The van der Waals surface area contributed by atoms with Gasteiger partial charge in [0.2, 0.25) is 0 Å². The predicted molar refractivity (Wildman–Crippen MR) is 68.2 cm³/mol. The first kappa shape index (κ1) is 11.7. The third-order valence-electron chi connectivity index (χ3n) is 4.78. The van der Waals surface area contributed by atoms with Crippen molar-refractivity contribution in [2.75, 3.05) is 6.61 Å². The van der Waals surface area contributed by atoms with Crippen LogP contribution in [0.3, 0.4) is 0 Å². The molecule has 0 bridgehead atoms. The molecule has 0 amide bonds. The topological polar surface area (TPSA) is 58.9 Å². The molecule has 0 aromatic heterocycles. The van der Waals surface area contributed by atoms with E-state index in [4.69, 9.17) is 9.47 Å². The molecule has 102 valence electrons. The number of hydrogen-bond acceptors (Lipinski definition) is 4. The SMILES string of the molecule is Cc1c2c(c3c4c1O[C@H](CO)[C@@H](O)[C@@H]4OC3)CCC2. The van der Waals surface area contributed by atoms with Gasteiger partial charge in [0.25, 0.3) is 0 Å². The van der Waals surface area contributed by atoms with Gasteiger partial charge in [0, 0.05) is 5.56 Å². The highest BCUT2D eigenvalue weighted by Gasteiger charge is 2.45. The quantitative estimate of drug-likeness (QED) is 0.797. The van der Waals surface area contributed by atoms with Crippen LogP contribution in [0.2, 0.25) is 0 Å². The van der Waals surface area contributed by atoms with Crippen LogP contribution in [0.1, 0.15) is 40.3 Å². The van der Waals surface area contributed by atoms with Crippen molar-refractivity contribution in [3.05, 3.63) is 27.8 Å². The van der Waals surface area contributed by atoms with Gasteiger partial charge in [-0.15, -0.1) is 0 Å². The minimum absolute atomic E-state index is 0.188. The van der Waals surface area contributed by atoms with Gasteiger partial charge in [-0.2, -0.15) is 0 Å². The van der Waals surface area contributed by atoms with Crippen molar-refractivity contribution in [3.63, 3.8) is 0 Å². The van der Waals surface area contributed by atoms with E-state index in [0.717, 1.165) is 24.2 Å². The molecule has 19 heavy (non-hydrogen) atoms. The number of fused-ring (bicyclic) bond motifs is 2. The second-order valence-corrected chi connectivity index (χ2v) is 5.72. The predicted octanol–water partition coefficient (Wildman–Crippen LogP) is 1.17. The summed E-state index contributed by atoms with van der Waals surface area (Å²) < 4.78 is 11.6. The lowest BCUT2D eigenvalue weighted by Gasteiger charge is -2.34. The van der Waals surface area contributed by atoms with Crippen LogP contribution < -0.4 is 4.74 Å². The van der Waals surface area contributed by atoms with E-state index in [-0.39, 0.29) is 12.7 Å². The van der Waals surface area contributed by atoms with Crippen molar-refractivity contribution < 1.29 is 19.7 Å². The molecule has 4 nitrogen and oxygen atoms in total. The van der Waals surface area contributed by atoms with Crippen molar-refractivity contribution in [3.8, 4) is 5.75 Å². The zero-order chi connectivity index (χ0) is 13.1. The van der Waals surface area contributed by atoms with E-state index >= 15 is 0 Å². The maximum Gasteiger partial charge on any atom is 0.150 e. The molecule has 4 heteroatoms. The second-order valence-electron chi connectivity index (χ2n) is 5.72. The van der Waals surface area contributed by atoms with Gasteiger partial charge in [-0.1, -0.05) is 0 Å². The lowest BCUT2D eigenvalue weighted by atomic mass is 9.87. The lowest BCUT2D eigenvalue weighted by Crippen LogP contribution is -2.43. The summed E-state index contributed by atoms with van der Waals surface area (Å²) in [5, 5.41) is 19.6. The second kappa shape index (κ2) is 3.95. The van der Waals surface area contributed by atoms with E-state index < -0.39 is 12.2 Å². The Balaban J connectivity index is 1.96.